The molecule has 2 rings (SSSR count). The standard InChI is InChI=1S/C12H6Br3F2NO/c13-5-3-7(15)11(18-4-5)12(19)9-8(16)2-1-6(14)10(9)17/h1-4,12,19H. The van der Waals surface area contributed by atoms with Gasteiger partial charge in [-0.15, -0.1) is 0 Å². The Kier molecular flexibility index (Phi) is 4.70. The van der Waals surface area contributed by atoms with Gasteiger partial charge >= 0.3 is 0 Å². The van der Waals surface area contributed by atoms with Gasteiger partial charge in [0.25, 0.3) is 0 Å². The topological polar surface area (TPSA) is 33.1 Å². The van der Waals surface area contributed by atoms with E-state index in [1.165, 1.54) is 12.3 Å². The van der Waals surface area contributed by atoms with Gasteiger partial charge in [-0.2, -0.15) is 0 Å². The number of aliphatic hydroxyl groups excluding tert-OH is 1. The van der Waals surface area contributed by atoms with E-state index >= 15 is 0 Å². The Morgan fingerprint density at radius 2 is 1.79 bits per heavy atom. The molecule has 1 heterocycles. The molecule has 1 aromatic heterocycles. The van der Waals surface area contributed by atoms with E-state index in [0.717, 1.165) is 6.07 Å². The first-order valence-corrected chi connectivity index (χ1v) is 7.42. The number of aromatic nitrogens is 1. The molecule has 0 aliphatic heterocycles. The number of hydrogen-bond acceptors (Lipinski definition) is 2. The molecule has 1 atom stereocenters. The molecule has 2 aromatic rings. The number of pyridine rings is 1. The minimum absolute atomic E-state index is 0.0798. The number of hydrogen-bond donors (Lipinski definition) is 1. The largest absolute Gasteiger partial charge is 0.382 e. The highest BCUT2D eigenvalue weighted by Gasteiger charge is 2.24. The number of aliphatic hydroxyl groups is 1. The molecule has 0 aliphatic carbocycles. The fourth-order valence-corrected chi connectivity index (χ4v) is 3.11. The van der Waals surface area contributed by atoms with Crippen molar-refractivity contribution in [2.45, 2.75) is 6.10 Å². The minimum Gasteiger partial charge on any atom is -0.382 e. The normalized spacial score (nSPS) is 12.5. The summed E-state index contributed by atoms with van der Waals surface area (Å²) in [6.07, 6.45) is -0.0584. The Morgan fingerprint density at radius 1 is 1.11 bits per heavy atom. The summed E-state index contributed by atoms with van der Waals surface area (Å²) in [5, 5.41) is 10.1. The van der Waals surface area contributed by atoms with Gasteiger partial charge in [0, 0.05) is 15.1 Å². The summed E-state index contributed by atoms with van der Waals surface area (Å²) in [7, 11) is 0. The van der Waals surface area contributed by atoms with Crippen molar-refractivity contribution < 1.29 is 13.9 Å². The summed E-state index contributed by atoms with van der Waals surface area (Å²) in [5.74, 6) is -1.67. The van der Waals surface area contributed by atoms with E-state index in [2.05, 4.69) is 52.8 Å². The van der Waals surface area contributed by atoms with Crippen molar-refractivity contribution in [2.75, 3.05) is 0 Å². The molecule has 1 N–H and O–H groups in total. The molecule has 2 nitrogen and oxygen atoms in total. The third-order valence-electron chi connectivity index (χ3n) is 2.45. The predicted octanol–water partition coefficient (Wildman–Crippen LogP) is 4.73. The number of rotatable bonds is 2. The van der Waals surface area contributed by atoms with Crippen molar-refractivity contribution in [3.63, 3.8) is 0 Å². The monoisotopic (exact) mass is 455 g/mol. The quantitative estimate of drug-likeness (QED) is 0.661. The second kappa shape index (κ2) is 5.95. The predicted molar refractivity (Wildman–Crippen MR) is 77.8 cm³/mol. The van der Waals surface area contributed by atoms with Gasteiger partial charge in [0.05, 0.1) is 15.7 Å². The van der Waals surface area contributed by atoms with Crippen LogP contribution in [0.15, 0.2) is 37.8 Å². The third kappa shape index (κ3) is 3.04. The van der Waals surface area contributed by atoms with E-state index in [9.17, 15) is 13.9 Å². The lowest BCUT2D eigenvalue weighted by molar-refractivity contribution is 0.203. The molecule has 0 bridgehead atoms. The van der Waals surface area contributed by atoms with E-state index in [4.69, 9.17) is 0 Å². The van der Waals surface area contributed by atoms with Crippen molar-refractivity contribution >= 4 is 47.8 Å². The molecule has 0 radical (unpaired) electrons. The zero-order chi connectivity index (χ0) is 14.2. The molecule has 1 aromatic carbocycles. The van der Waals surface area contributed by atoms with Crippen LogP contribution in [0.4, 0.5) is 8.78 Å². The van der Waals surface area contributed by atoms with E-state index in [-0.39, 0.29) is 10.2 Å². The summed E-state index contributed by atoms with van der Waals surface area (Å²) < 4.78 is 28.8. The molecular formula is C12H6Br3F2NO. The van der Waals surface area contributed by atoms with Gasteiger partial charge < -0.3 is 5.11 Å². The van der Waals surface area contributed by atoms with Crippen LogP contribution in [0.1, 0.15) is 17.4 Å². The lowest BCUT2D eigenvalue weighted by Gasteiger charge is -2.14. The summed E-state index contributed by atoms with van der Waals surface area (Å²) in [4.78, 5) is 3.97. The van der Waals surface area contributed by atoms with Gasteiger partial charge in [0.1, 0.15) is 17.7 Å². The van der Waals surface area contributed by atoms with Gasteiger partial charge in [-0.05, 0) is 66.0 Å². The maximum absolute atomic E-state index is 13.9. The van der Waals surface area contributed by atoms with E-state index in [1.54, 1.807) is 6.07 Å². The first-order chi connectivity index (χ1) is 8.91. The zero-order valence-electron chi connectivity index (χ0n) is 9.17. The Bertz CT molecular complexity index is 637. The average Bonchev–Trinajstić information content (AvgIpc) is 2.34. The van der Waals surface area contributed by atoms with Crippen molar-refractivity contribution in [1.29, 1.82) is 0 Å². The average molecular weight is 458 g/mol. The van der Waals surface area contributed by atoms with E-state index < -0.39 is 23.3 Å². The minimum atomic E-state index is -1.50. The Hall–Kier alpha value is -0.370. The summed E-state index contributed by atoms with van der Waals surface area (Å²) in [6.45, 7) is 0. The van der Waals surface area contributed by atoms with Gasteiger partial charge in [-0.3, -0.25) is 4.98 Å². The fraction of sp³-hybridized carbons (Fsp3) is 0.0833. The molecule has 0 spiro atoms. The lowest BCUT2D eigenvalue weighted by atomic mass is 10.0. The zero-order valence-corrected chi connectivity index (χ0v) is 13.9. The number of halogens is 5. The SMILES string of the molecule is OC(c1ncc(Br)cc1Br)c1c(F)ccc(Br)c1F. The highest BCUT2D eigenvalue weighted by atomic mass is 79.9. The van der Waals surface area contributed by atoms with Crippen molar-refractivity contribution in [2.24, 2.45) is 0 Å². The van der Waals surface area contributed by atoms with Gasteiger partial charge in [0.2, 0.25) is 0 Å². The fourth-order valence-electron chi connectivity index (χ4n) is 1.56. The van der Waals surface area contributed by atoms with Gasteiger partial charge in [0.15, 0.2) is 0 Å². The molecule has 0 amide bonds. The van der Waals surface area contributed by atoms with E-state index in [0.29, 0.717) is 8.95 Å². The summed E-state index contributed by atoms with van der Waals surface area (Å²) >= 11 is 9.37. The maximum Gasteiger partial charge on any atom is 0.146 e. The smallest absolute Gasteiger partial charge is 0.146 e. The van der Waals surface area contributed by atoms with Gasteiger partial charge in [-0.1, -0.05) is 0 Å². The van der Waals surface area contributed by atoms with Crippen LogP contribution in [0.2, 0.25) is 0 Å². The van der Waals surface area contributed by atoms with Crippen LogP contribution in [-0.2, 0) is 0 Å². The van der Waals surface area contributed by atoms with Crippen molar-refractivity contribution in [3.8, 4) is 0 Å². The molecule has 7 heteroatoms. The van der Waals surface area contributed by atoms with Crippen molar-refractivity contribution in [1.82, 2.24) is 4.98 Å². The Morgan fingerprint density at radius 3 is 2.42 bits per heavy atom. The van der Waals surface area contributed by atoms with Crippen molar-refractivity contribution in [3.05, 3.63) is 60.7 Å². The molecule has 100 valence electrons. The van der Waals surface area contributed by atoms with Crippen LogP contribution in [-0.4, -0.2) is 10.1 Å². The second-order valence-electron chi connectivity index (χ2n) is 3.68. The molecular weight excluding hydrogens is 452 g/mol. The molecule has 0 saturated heterocycles. The first kappa shape index (κ1) is 15.0. The second-order valence-corrected chi connectivity index (χ2v) is 6.30. The Balaban J connectivity index is 2.56. The molecule has 0 saturated carbocycles. The highest BCUT2D eigenvalue weighted by Crippen LogP contribution is 2.33. The number of nitrogens with zero attached hydrogens (tertiary/aromatic N) is 1. The van der Waals surface area contributed by atoms with Crippen LogP contribution in [0.3, 0.4) is 0 Å². The number of benzene rings is 1. The molecule has 19 heavy (non-hydrogen) atoms. The van der Waals surface area contributed by atoms with Crippen LogP contribution in [0, 0.1) is 11.6 Å². The molecule has 0 aliphatic rings. The van der Waals surface area contributed by atoms with E-state index in [1.807, 2.05) is 0 Å². The first-order valence-electron chi connectivity index (χ1n) is 5.04. The van der Waals surface area contributed by atoms with Crippen LogP contribution in [0.5, 0.6) is 0 Å². The maximum atomic E-state index is 13.9. The lowest BCUT2D eigenvalue weighted by Crippen LogP contribution is -2.09. The van der Waals surface area contributed by atoms with Crippen LogP contribution < -0.4 is 0 Å². The summed E-state index contributed by atoms with van der Waals surface area (Å²) in [6, 6.07) is 3.96. The molecule has 1 unspecified atom stereocenters. The summed E-state index contributed by atoms with van der Waals surface area (Å²) in [5.41, 5.74) is -0.302. The highest BCUT2D eigenvalue weighted by molar-refractivity contribution is 9.11. The third-order valence-corrected chi connectivity index (χ3v) is 4.13. The van der Waals surface area contributed by atoms with Crippen LogP contribution in [0.25, 0.3) is 0 Å². The molecule has 0 fully saturated rings. The van der Waals surface area contributed by atoms with Crippen LogP contribution >= 0.6 is 47.8 Å². The Labute approximate surface area is 133 Å². The van der Waals surface area contributed by atoms with Gasteiger partial charge in [-0.25, -0.2) is 8.78 Å².